The fourth-order valence-electron chi connectivity index (χ4n) is 2.06. The lowest BCUT2D eigenvalue weighted by Crippen LogP contribution is -2.36. The van der Waals surface area contributed by atoms with Crippen LogP contribution in [0.4, 0.5) is 0 Å². The van der Waals surface area contributed by atoms with Crippen molar-refractivity contribution in [3.8, 4) is 6.19 Å². The fraction of sp³-hybridized carbons (Fsp3) is 0.615. The van der Waals surface area contributed by atoms with Crippen molar-refractivity contribution in [1.82, 2.24) is 20.2 Å². The van der Waals surface area contributed by atoms with Gasteiger partial charge in [0.1, 0.15) is 0 Å². The van der Waals surface area contributed by atoms with Gasteiger partial charge in [0.2, 0.25) is 5.96 Å². The summed E-state index contributed by atoms with van der Waals surface area (Å²) < 4.78 is 7.52. The molecule has 2 heterocycles. The average molecular weight is 276 g/mol. The van der Waals surface area contributed by atoms with E-state index in [4.69, 9.17) is 10.00 Å². The van der Waals surface area contributed by atoms with Gasteiger partial charge in [0.25, 0.3) is 0 Å². The molecule has 1 aromatic heterocycles. The second-order valence-corrected chi connectivity index (χ2v) is 4.64. The van der Waals surface area contributed by atoms with Crippen LogP contribution >= 0.6 is 0 Å². The summed E-state index contributed by atoms with van der Waals surface area (Å²) in [5.74, 6) is 0.522. The molecule has 1 atom stereocenters. The van der Waals surface area contributed by atoms with Crippen LogP contribution in [0.3, 0.4) is 0 Å². The summed E-state index contributed by atoms with van der Waals surface area (Å²) in [7, 11) is 0. The molecule has 1 fully saturated rings. The van der Waals surface area contributed by atoms with Crippen LogP contribution in [0.1, 0.15) is 19.3 Å². The first-order chi connectivity index (χ1) is 9.88. The Labute approximate surface area is 118 Å². The number of ether oxygens (including phenoxy) is 1. The number of aryl methyl sites for hydroxylation is 1. The maximum absolute atomic E-state index is 8.71. The van der Waals surface area contributed by atoms with Gasteiger partial charge in [0.05, 0.1) is 19.0 Å². The third-order valence-corrected chi connectivity index (χ3v) is 3.10. The molecule has 7 nitrogen and oxygen atoms in total. The van der Waals surface area contributed by atoms with Crippen LogP contribution in [0.25, 0.3) is 0 Å². The summed E-state index contributed by atoms with van der Waals surface area (Å²) in [5, 5.41) is 14.4. The number of imidazole rings is 1. The molecular weight excluding hydrogens is 256 g/mol. The fourth-order valence-corrected chi connectivity index (χ4v) is 2.06. The van der Waals surface area contributed by atoms with Crippen molar-refractivity contribution in [3.05, 3.63) is 18.7 Å². The van der Waals surface area contributed by atoms with Crippen LogP contribution in [-0.4, -0.2) is 41.3 Å². The normalized spacial score (nSPS) is 18.8. The molecular formula is C13H20N6O. The van der Waals surface area contributed by atoms with E-state index in [9.17, 15) is 0 Å². The minimum absolute atomic E-state index is 0.193. The van der Waals surface area contributed by atoms with E-state index in [1.165, 1.54) is 0 Å². The molecule has 108 valence electrons. The largest absolute Gasteiger partial charge is 0.376 e. The van der Waals surface area contributed by atoms with Gasteiger partial charge in [-0.05, 0) is 19.3 Å². The van der Waals surface area contributed by atoms with Crippen molar-refractivity contribution in [2.45, 2.75) is 31.9 Å². The Hall–Kier alpha value is -2.07. The van der Waals surface area contributed by atoms with Crippen LogP contribution < -0.4 is 10.6 Å². The maximum Gasteiger partial charge on any atom is 0.204 e. The molecule has 1 aliphatic heterocycles. The summed E-state index contributed by atoms with van der Waals surface area (Å²) in [4.78, 5) is 8.35. The van der Waals surface area contributed by atoms with Crippen molar-refractivity contribution < 1.29 is 4.74 Å². The number of nitriles is 1. The Balaban J connectivity index is 1.68. The molecule has 2 N–H and O–H groups in total. The van der Waals surface area contributed by atoms with E-state index in [1.54, 1.807) is 12.5 Å². The van der Waals surface area contributed by atoms with Gasteiger partial charge in [0, 0.05) is 32.1 Å². The summed E-state index contributed by atoms with van der Waals surface area (Å²) in [5.41, 5.74) is 0. The van der Waals surface area contributed by atoms with Crippen LogP contribution in [0, 0.1) is 11.5 Å². The smallest absolute Gasteiger partial charge is 0.204 e. The molecule has 1 aromatic rings. The van der Waals surface area contributed by atoms with E-state index < -0.39 is 0 Å². The molecule has 1 aliphatic rings. The van der Waals surface area contributed by atoms with Gasteiger partial charge in [-0.2, -0.15) is 5.26 Å². The number of hydrogen-bond donors (Lipinski definition) is 2. The van der Waals surface area contributed by atoms with E-state index in [-0.39, 0.29) is 6.10 Å². The van der Waals surface area contributed by atoms with Crippen molar-refractivity contribution in [2.75, 3.05) is 19.7 Å². The molecule has 0 amide bonds. The Morgan fingerprint density at radius 1 is 1.60 bits per heavy atom. The predicted molar refractivity (Wildman–Crippen MR) is 74.9 cm³/mol. The lowest BCUT2D eigenvalue weighted by Gasteiger charge is -2.10. The maximum atomic E-state index is 8.71. The van der Waals surface area contributed by atoms with E-state index in [0.717, 1.165) is 39.0 Å². The molecule has 0 spiro atoms. The van der Waals surface area contributed by atoms with Gasteiger partial charge < -0.3 is 14.6 Å². The molecule has 1 saturated heterocycles. The first-order valence-electron chi connectivity index (χ1n) is 6.89. The topological polar surface area (TPSA) is 87.3 Å². The van der Waals surface area contributed by atoms with Crippen LogP contribution in [0.5, 0.6) is 0 Å². The Morgan fingerprint density at radius 2 is 2.55 bits per heavy atom. The van der Waals surface area contributed by atoms with Gasteiger partial charge in [-0.15, -0.1) is 0 Å². The van der Waals surface area contributed by atoms with E-state index >= 15 is 0 Å². The summed E-state index contributed by atoms with van der Waals surface area (Å²) in [6, 6.07) is 0. The Kier molecular flexibility index (Phi) is 5.86. The minimum Gasteiger partial charge on any atom is -0.376 e. The first-order valence-corrected chi connectivity index (χ1v) is 6.89. The van der Waals surface area contributed by atoms with E-state index in [1.807, 2.05) is 17.0 Å². The van der Waals surface area contributed by atoms with Crippen molar-refractivity contribution >= 4 is 5.96 Å². The SMILES string of the molecule is N#CNC(=NCC1CCCO1)NCCCn1ccnc1. The van der Waals surface area contributed by atoms with E-state index in [2.05, 4.69) is 20.6 Å². The monoisotopic (exact) mass is 276 g/mol. The van der Waals surface area contributed by atoms with Crippen molar-refractivity contribution in [3.63, 3.8) is 0 Å². The lowest BCUT2D eigenvalue weighted by atomic mass is 10.2. The van der Waals surface area contributed by atoms with Crippen molar-refractivity contribution in [1.29, 1.82) is 5.26 Å². The molecule has 7 heteroatoms. The number of rotatable bonds is 6. The standard InChI is InChI=1S/C13H20N6O/c14-10-18-13(17-9-12-3-1-8-20-12)16-4-2-6-19-7-5-15-11-19/h5,7,11-12H,1-4,6,8-9H2,(H2,16,17,18). The highest BCUT2D eigenvalue weighted by molar-refractivity contribution is 5.81. The molecule has 0 aromatic carbocycles. The molecule has 0 saturated carbocycles. The number of hydrogen-bond acceptors (Lipinski definition) is 4. The van der Waals surface area contributed by atoms with Gasteiger partial charge in [-0.1, -0.05) is 0 Å². The highest BCUT2D eigenvalue weighted by Gasteiger charge is 2.14. The zero-order chi connectivity index (χ0) is 14.0. The first kappa shape index (κ1) is 14.3. The highest BCUT2D eigenvalue weighted by Crippen LogP contribution is 2.11. The number of nitrogens with one attached hydrogen (secondary N) is 2. The lowest BCUT2D eigenvalue weighted by molar-refractivity contribution is 0.117. The van der Waals surface area contributed by atoms with E-state index in [0.29, 0.717) is 12.5 Å². The van der Waals surface area contributed by atoms with Crippen molar-refractivity contribution in [2.24, 2.45) is 4.99 Å². The zero-order valence-electron chi connectivity index (χ0n) is 11.5. The summed E-state index contributed by atoms with van der Waals surface area (Å²) in [6.07, 6.45) is 10.7. The van der Waals surface area contributed by atoms with Gasteiger partial charge >= 0.3 is 0 Å². The zero-order valence-corrected chi connectivity index (χ0v) is 11.5. The predicted octanol–water partition coefficient (Wildman–Crippen LogP) is 0.468. The van der Waals surface area contributed by atoms with Gasteiger partial charge in [0.15, 0.2) is 6.19 Å². The second-order valence-electron chi connectivity index (χ2n) is 4.64. The van der Waals surface area contributed by atoms with Crippen LogP contribution in [-0.2, 0) is 11.3 Å². The van der Waals surface area contributed by atoms with Gasteiger partial charge in [-0.25, -0.2) is 9.98 Å². The molecule has 0 radical (unpaired) electrons. The molecule has 0 bridgehead atoms. The third kappa shape index (κ3) is 4.90. The quantitative estimate of drug-likeness (QED) is 0.259. The third-order valence-electron chi connectivity index (χ3n) is 3.10. The Bertz CT molecular complexity index is 444. The molecule has 20 heavy (non-hydrogen) atoms. The number of nitrogens with zero attached hydrogens (tertiary/aromatic N) is 4. The molecule has 0 aliphatic carbocycles. The molecule has 2 rings (SSSR count). The average Bonchev–Trinajstić information content (AvgIpc) is 3.13. The van der Waals surface area contributed by atoms with Gasteiger partial charge in [-0.3, -0.25) is 5.32 Å². The van der Waals surface area contributed by atoms with Crippen LogP contribution in [0.15, 0.2) is 23.7 Å². The van der Waals surface area contributed by atoms with Crippen LogP contribution in [0.2, 0.25) is 0 Å². The second kappa shape index (κ2) is 8.17. The molecule has 1 unspecified atom stereocenters. The summed E-state index contributed by atoms with van der Waals surface area (Å²) >= 11 is 0. The number of guanidine groups is 1. The number of aromatic nitrogens is 2. The summed E-state index contributed by atoms with van der Waals surface area (Å²) in [6.45, 7) is 3.05. The highest BCUT2D eigenvalue weighted by atomic mass is 16.5. The minimum atomic E-state index is 0.193. The number of aliphatic imine (C=N–C) groups is 1. The Morgan fingerprint density at radius 3 is 3.25 bits per heavy atom.